The summed E-state index contributed by atoms with van der Waals surface area (Å²) in [5.74, 6) is 0.221. The summed E-state index contributed by atoms with van der Waals surface area (Å²) in [6, 6.07) is 18.8. The minimum Gasteiger partial charge on any atom is -0.371 e. The Bertz CT molecular complexity index is 859. The number of hydrogen-bond donors (Lipinski definition) is 1. The second kappa shape index (κ2) is 8.68. The van der Waals surface area contributed by atoms with Gasteiger partial charge in [0.15, 0.2) is 0 Å². The molecule has 2 heterocycles. The van der Waals surface area contributed by atoms with Gasteiger partial charge in [0.2, 0.25) is 11.8 Å². The first-order chi connectivity index (χ1) is 14.1. The third-order valence-electron chi connectivity index (χ3n) is 6.05. The van der Waals surface area contributed by atoms with Crippen LogP contribution in [-0.2, 0) is 9.59 Å². The lowest BCUT2D eigenvalue weighted by Crippen LogP contribution is -2.47. The largest absolute Gasteiger partial charge is 0.371 e. The maximum absolute atomic E-state index is 12.5. The lowest BCUT2D eigenvalue weighted by atomic mass is 9.99. The maximum Gasteiger partial charge on any atom is 0.239 e. The summed E-state index contributed by atoms with van der Waals surface area (Å²) >= 11 is 0. The molecule has 5 nitrogen and oxygen atoms in total. The summed E-state index contributed by atoms with van der Waals surface area (Å²) in [7, 11) is 0. The number of piperidine rings is 1. The van der Waals surface area contributed by atoms with Crippen LogP contribution in [0.3, 0.4) is 0 Å². The van der Waals surface area contributed by atoms with Crippen molar-refractivity contribution in [2.45, 2.75) is 38.1 Å². The average molecular weight is 392 g/mol. The monoisotopic (exact) mass is 391 g/mol. The average Bonchev–Trinajstić information content (AvgIpc) is 3.09. The molecule has 4 rings (SSSR count). The van der Waals surface area contributed by atoms with Crippen molar-refractivity contribution in [2.24, 2.45) is 0 Å². The molecule has 1 unspecified atom stereocenters. The number of carbonyl (C=O) groups is 2. The number of nitrogens with one attached hydrogen (secondary N) is 1. The Kier molecular flexibility index (Phi) is 5.84. The highest BCUT2D eigenvalue weighted by atomic mass is 16.2. The van der Waals surface area contributed by atoms with Crippen LogP contribution < -0.4 is 10.2 Å². The van der Waals surface area contributed by atoms with Crippen molar-refractivity contribution in [1.29, 1.82) is 0 Å². The van der Waals surface area contributed by atoms with Gasteiger partial charge in [-0.25, -0.2) is 0 Å². The number of likely N-dealkylation sites (tertiary alicyclic amines) is 1. The molecule has 0 aliphatic carbocycles. The highest BCUT2D eigenvalue weighted by molar-refractivity contribution is 5.86. The van der Waals surface area contributed by atoms with E-state index >= 15 is 0 Å². The lowest BCUT2D eigenvalue weighted by Gasteiger charge is -2.34. The Morgan fingerprint density at radius 3 is 2.55 bits per heavy atom. The van der Waals surface area contributed by atoms with Crippen LogP contribution in [-0.4, -0.2) is 48.9 Å². The third kappa shape index (κ3) is 4.78. The molecule has 2 aromatic carbocycles. The van der Waals surface area contributed by atoms with Crippen molar-refractivity contribution in [1.82, 2.24) is 10.2 Å². The Hall–Kier alpha value is -2.82. The van der Waals surface area contributed by atoms with Gasteiger partial charge in [-0.05, 0) is 43.0 Å². The van der Waals surface area contributed by atoms with Gasteiger partial charge in [-0.2, -0.15) is 0 Å². The van der Waals surface area contributed by atoms with Gasteiger partial charge in [0.05, 0.1) is 6.54 Å². The maximum atomic E-state index is 12.5. The van der Waals surface area contributed by atoms with Crippen LogP contribution in [0.1, 0.15) is 36.3 Å². The van der Waals surface area contributed by atoms with E-state index in [2.05, 4.69) is 53.5 Å². The molecule has 2 amide bonds. The van der Waals surface area contributed by atoms with E-state index in [0.29, 0.717) is 13.0 Å². The molecule has 2 aliphatic heterocycles. The normalized spacial score (nSPS) is 20.2. The lowest BCUT2D eigenvalue weighted by molar-refractivity contribution is -0.133. The van der Waals surface area contributed by atoms with E-state index in [1.165, 1.54) is 16.8 Å². The summed E-state index contributed by atoms with van der Waals surface area (Å²) in [6.45, 7) is 4.78. The molecule has 0 spiro atoms. The zero-order valence-corrected chi connectivity index (χ0v) is 17.0. The fourth-order valence-corrected chi connectivity index (χ4v) is 4.43. The molecule has 1 atom stereocenters. The van der Waals surface area contributed by atoms with Crippen LogP contribution in [0.15, 0.2) is 54.6 Å². The number of rotatable bonds is 5. The molecule has 0 aromatic heterocycles. The first-order valence-electron chi connectivity index (χ1n) is 10.5. The predicted molar refractivity (Wildman–Crippen MR) is 115 cm³/mol. The fraction of sp³-hybridized carbons (Fsp3) is 0.417. The van der Waals surface area contributed by atoms with E-state index in [1.807, 2.05) is 18.2 Å². The van der Waals surface area contributed by atoms with Gasteiger partial charge in [-0.15, -0.1) is 0 Å². The van der Waals surface area contributed by atoms with Crippen LogP contribution in [0.5, 0.6) is 0 Å². The van der Waals surface area contributed by atoms with Crippen molar-refractivity contribution < 1.29 is 9.59 Å². The molecule has 29 heavy (non-hydrogen) atoms. The van der Waals surface area contributed by atoms with Crippen LogP contribution >= 0.6 is 0 Å². The van der Waals surface area contributed by atoms with Crippen LogP contribution in [0.25, 0.3) is 0 Å². The first kappa shape index (κ1) is 19.5. The van der Waals surface area contributed by atoms with E-state index in [-0.39, 0.29) is 30.3 Å². The number of hydrogen-bond acceptors (Lipinski definition) is 3. The minimum atomic E-state index is -0.0407. The summed E-state index contributed by atoms with van der Waals surface area (Å²) in [4.78, 5) is 29.0. The Labute approximate surface area is 172 Å². The van der Waals surface area contributed by atoms with Gasteiger partial charge in [0.1, 0.15) is 0 Å². The highest BCUT2D eigenvalue weighted by Crippen LogP contribution is 2.27. The van der Waals surface area contributed by atoms with E-state index in [1.54, 1.807) is 4.90 Å². The molecule has 0 saturated carbocycles. The van der Waals surface area contributed by atoms with Crippen molar-refractivity contribution in [3.05, 3.63) is 65.7 Å². The molecule has 2 saturated heterocycles. The zero-order chi connectivity index (χ0) is 20.2. The second-order valence-electron chi connectivity index (χ2n) is 8.25. The number of benzene rings is 2. The summed E-state index contributed by atoms with van der Waals surface area (Å²) in [5, 5.41) is 3.14. The van der Waals surface area contributed by atoms with Crippen LogP contribution in [0, 0.1) is 6.92 Å². The van der Waals surface area contributed by atoms with Crippen molar-refractivity contribution >= 4 is 17.5 Å². The van der Waals surface area contributed by atoms with Gasteiger partial charge in [-0.3, -0.25) is 9.59 Å². The van der Waals surface area contributed by atoms with Crippen LogP contribution in [0.2, 0.25) is 0 Å². The SMILES string of the molecule is Cc1cccc(N2CCC(NC(=O)CN3CC(c4ccccc4)CC3=O)CC2)c1. The van der Waals surface area contributed by atoms with Crippen molar-refractivity contribution in [3.8, 4) is 0 Å². The molecular formula is C24H29N3O2. The van der Waals surface area contributed by atoms with E-state index < -0.39 is 0 Å². The van der Waals surface area contributed by atoms with Gasteiger partial charge >= 0.3 is 0 Å². The predicted octanol–water partition coefficient (Wildman–Crippen LogP) is 3.10. The molecular weight excluding hydrogens is 362 g/mol. The quantitative estimate of drug-likeness (QED) is 0.852. The molecule has 2 fully saturated rings. The zero-order valence-electron chi connectivity index (χ0n) is 17.0. The molecule has 0 radical (unpaired) electrons. The number of carbonyl (C=O) groups excluding carboxylic acids is 2. The summed E-state index contributed by atoms with van der Waals surface area (Å²) < 4.78 is 0. The molecule has 152 valence electrons. The Morgan fingerprint density at radius 1 is 1.07 bits per heavy atom. The molecule has 5 heteroatoms. The number of nitrogens with zero attached hydrogens (tertiary/aromatic N) is 2. The van der Waals surface area contributed by atoms with Crippen molar-refractivity contribution in [3.63, 3.8) is 0 Å². The van der Waals surface area contributed by atoms with Gasteiger partial charge in [0, 0.05) is 43.7 Å². The standard InChI is InChI=1S/C24H29N3O2/c1-18-6-5-9-22(14-18)26-12-10-21(11-13-26)25-23(28)17-27-16-20(15-24(27)29)19-7-3-2-4-8-19/h2-9,14,20-21H,10-13,15-17H2,1H3,(H,25,28). The van der Waals surface area contributed by atoms with Gasteiger partial charge < -0.3 is 15.1 Å². The van der Waals surface area contributed by atoms with E-state index in [9.17, 15) is 9.59 Å². The van der Waals surface area contributed by atoms with Crippen LogP contribution in [0.4, 0.5) is 5.69 Å². The minimum absolute atomic E-state index is 0.0407. The number of anilines is 1. The van der Waals surface area contributed by atoms with Gasteiger partial charge in [0.25, 0.3) is 0 Å². The van der Waals surface area contributed by atoms with E-state index in [0.717, 1.165) is 25.9 Å². The number of aryl methyl sites for hydroxylation is 1. The summed E-state index contributed by atoms with van der Waals surface area (Å²) in [6.07, 6.45) is 2.35. The smallest absolute Gasteiger partial charge is 0.239 e. The summed E-state index contributed by atoms with van der Waals surface area (Å²) in [5.41, 5.74) is 3.69. The number of amides is 2. The fourth-order valence-electron chi connectivity index (χ4n) is 4.43. The third-order valence-corrected chi connectivity index (χ3v) is 6.05. The molecule has 0 bridgehead atoms. The highest BCUT2D eigenvalue weighted by Gasteiger charge is 2.32. The molecule has 2 aromatic rings. The van der Waals surface area contributed by atoms with E-state index in [4.69, 9.17) is 0 Å². The molecule has 2 aliphatic rings. The first-order valence-corrected chi connectivity index (χ1v) is 10.5. The second-order valence-corrected chi connectivity index (χ2v) is 8.25. The Morgan fingerprint density at radius 2 is 1.83 bits per heavy atom. The van der Waals surface area contributed by atoms with Crippen molar-refractivity contribution in [2.75, 3.05) is 31.1 Å². The Balaban J connectivity index is 1.25. The van der Waals surface area contributed by atoms with Gasteiger partial charge in [-0.1, -0.05) is 42.5 Å². The topological polar surface area (TPSA) is 52.7 Å². The molecule has 1 N–H and O–H groups in total.